The van der Waals surface area contributed by atoms with Crippen LogP contribution in [0.5, 0.6) is 0 Å². The van der Waals surface area contributed by atoms with Crippen LogP contribution in [0, 0.1) is 10.1 Å². The van der Waals surface area contributed by atoms with Gasteiger partial charge in [0.15, 0.2) is 0 Å². The van der Waals surface area contributed by atoms with Gasteiger partial charge >= 0.3 is 0 Å². The van der Waals surface area contributed by atoms with Crippen LogP contribution >= 0.6 is 11.3 Å². The Labute approximate surface area is 234 Å². The van der Waals surface area contributed by atoms with Crippen molar-refractivity contribution in [3.63, 3.8) is 0 Å². The van der Waals surface area contributed by atoms with E-state index in [9.17, 15) is 31.7 Å². The van der Waals surface area contributed by atoms with E-state index in [2.05, 4.69) is 4.72 Å². The Morgan fingerprint density at radius 2 is 1.57 bits per heavy atom. The van der Waals surface area contributed by atoms with E-state index in [-0.39, 0.29) is 39.1 Å². The zero-order valence-electron chi connectivity index (χ0n) is 20.7. The molecular weight excluding hydrogens is 577 g/mol. The fraction of sp³-hybridized carbons (Fsp3) is 0.115. The van der Waals surface area contributed by atoms with Crippen molar-refractivity contribution in [1.29, 1.82) is 0 Å². The summed E-state index contributed by atoms with van der Waals surface area (Å²) in [6.07, 6.45) is 0. The van der Waals surface area contributed by atoms with Gasteiger partial charge in [0.1, 0.15) is 4.21 Å². The zero-order chi connectivity index (χ0) is 28.5. The summed E-state index contributed by atoms with van der Waals surface area (Å²) in [6, 6.07) is 21.1. The first-order valence-electron chi connectivity index (χ1n) is 11.9. The highest BCUT2D eigenvalue weighted by Gasteiger charge is 2.40. The van der Waals surface area contributed by atoms with Crippen LogP contribution < -0.4 is 13.9 Å². The van der Waals surface area contributed by atoms with Gasteiger partial charge in [-0.2, -0.15) is 0 Å². The summed E-state index contributed by atoms with van der Waals surface area (Å²) >= 11 is 1.01. The monoisotopic (exact) mass is 598 g/mol. The van der Waals surface area contributed by atoms with Crippen LogP contribution in [0.25, 0.3) is 0 Å². The minimum atomic E-state index is -4.44. The van der Waals surface area contributed by atoms with Crippen LogP contribution in [0.15, 0.2) is 105 Å². The molecule has 0 radical (unpaired) electrons. The SMILES string of the molecule is O=C1c2ccccc2N(S(=O)(=O)c2ccc([N+](=O)[O-])cc2)C(CNS(=O)(=O)c2cccs2)CN1c1ccccc1. The van der Waals surface area contributed by atoms with Crippen molar-refractivity contribution in [2.45, 2.75) is 15.1 Å². The van der Waals surface area contributed by atoms with Crippen LogP contribution in [0.4, 0.5) is 17.1 Å². The number of carbonyl (C=O) groups excluding carboxylic acids is 1. The Kier molecular flexibility index (Phi) is 7.42. The van der Waals surface area contributed by atoms with E-state index in [0.717, 1.165) is 39.9 Å². The third-order valence-corrected chi connectivity index (χ3v) is 11.0. The lowest BCUT2D eigenvalue weighted by atomic mass is 10.1. The molecule has 0 spiro atoms. The second-order valence-corrected chi connectivity index (χ2v) is 13.5. The first kappa shape index (κ1) is 27.5. The van der Waals surface area contributed by atoms with Gasteiger partial charge in [-0.05, 0) is 47.8 Å². The van der Waals surface area contributed by atoms with E-state index in [0.29, 0.717) is 5.69 Å². The van der Waals surface area contributed by atoms with Gasteiger partial charge in [0.2, 0.25) is 10.0 Å². The Bertz CT molecular complexity index is 1760. The lowest BCUT2D eigenvalue weighted by Gasteiger charge is -2.33. The van der Waals surface area contributed by atoms with Crippen molar-refractivity contribution in [3.8, 4) is 0 Å². The molecule has 206 valence electrons. The molecule has 0 aliphatic carbocycles. The number of fused-ring (bicyclic) bond motifs is 1. The van der Waals surface area contributed by atoms with Crippen LogP contribution in [0.1, 0.15) is 10.4 Å². The maximum atomic E-state index is 14.1. The van der Waals surface area contributed by atoms with Crippen molar-refractivity contribution >= 4 is 54.4 Å². The highest BCUT2D eigenvalue weighted by Crippen LogP contribution is 2.35. The summed E-state index contributed by atoms with van der Waals surface area (Å²) < 4.78 is 57.9. The number of para-hydroxylation sites is 2. The molecule has 5 rings (SSSR count). The largest absolute Gasteiger partial charge is 0.306 e. The van der Waals surface area contributed by atoms with Crippen molar-refractivity contribution < 1.29 is 26.6 Å². The third-order valence-electron chi connectivity index (χ3n) is 6.28. The van der Waals surface area contributed by atoms with E-state index in [1.807, 2.05) is 0 Å². The Hall–Kier alpha value is -4.11. The molecule has 1 N–H and O–H groups in total. The zero-order valence-corrected chi connectivity index (χ0v) is 23.1. The summed E-state index contributed by atoms with van der Waals surface area (Å²) in [7, 11) is -8.42. The predicted molar refractivity (Wildman–Crippen MR) is 151 cm³/mol. The lowest BCUT2D eigenvalue weighted by Crippen LogP contribution is -2.51. The summed E-state index contributed by atoms with van der Waals surface area (Å²) in [4.78, 5) is 25.5. The molecule has 0 fully saturated rings. The molecule has 0 saturated heterocycles. The van der Waals surface area contributed by atoms with Gasteiger partial charge in [0, 0.05) is 30.9 Å². The van der Waals surface area contributed by atoms with E-state index in [4.69, 9.17) is 0 Å². The number of sulfonamides is 2. The maximum absolute atomic E-state index is 14.1. The summed E-state index contributed by atoms with van der Waals surface area (Å²) in [6.45, 7) is -0.548. The molecule has 11 nitrogen and oxygen atoms in total. The molecule has 1 aliphatic rings. The van der Waals surface area contributed by atoms with Crippen LogP contribution in [-0.2, 0) is 20.0 Å². The second kappa shape index (κ2) is 10.8. The van der Waals surface area contributed by atoms with Crippen LogP contribution in [0.2, 0.25) is 0 Å². The summed E-state index contributed by atoms with van der Waals surface area (Å²) in [5.41, 5.74) is 0.369. The van der Waals surface area contributed by atoms with Gasteiger partial charge in [0.05, 0.1) is 27.1 Å². The van der Waals surface area contributed by atoms with Gasteiger partial charge in [-0.15, -0.1) is 11.3 Å². The molecule has 0 bridgehead atoms. The Balaban J connectivity index is 1.65. The molecular formula is C26H22N4O7S3. The van der Waals surface area contributed by atoms with Crippen molar-refractivity contribution in [2.75, 3.05) is 22.3 Å². The molecule has 0 saturated carbocycles. The molecule has 14 heteroatoms. The number of anilines is 2. The van der Waals surface area contributed by atoms with Crippen molar-refractivity contribution in [2.24, 2.45) is 0 Å². The minimum absolute atomic E-state index is 0.0577. The number of benzene rings is 3. The van der Waals surface area contributed by atoms with Gasteiger partial charge in [0.25, 0.3) is 21.6 Å². The Morgan fingerprint density at radius 3 is 2.23 bits per heavy atom. The normalized spacial score (nSPS) is 15.9. The minimum Gasteiger partial charge on any atom is -0.306 e. The maximum Gasteiger partial charge on any atom is 0.269 e. The van der Waals surface area contributed by atoms with Gasteiger partial charge in [-0.25, -0.2) is 21.6 Å². The fourth-order valence-electron chi connectivity index (χ4n) is 4.41. The van der Waals surface area contributed by atoms with Crippen molar-refractivity contribution in [3.05, 3.63) is 112 Å². The number of nitro benzene ring substituents is 1. The van der Waals surface area contributed by atoms with E-state index >= 15 is 0 Å². The third kappa shape index (κ3) is 5.21. The van der Waals surface area contributed by atoms with E-state index in [1.54, 1.807) is 53.9 Å². The molecule has 40 heavy (non-hydrogen) atoms. The molecule has 1 aliphatic heterocycles. The molecule has 3 aromatic carbocycles. The number of nitrogens with zero attached hydrogens (tertiary/aromatic N) is 3. The van der Waals surface area contributed by atoms with E-state index in [1.165, 1.54) is 23.1 Å². The molecule has 1 unspecified atom stereocenters. The molecule has 1 atom stereocenters. The first-order chi connectivity index (χ1) is 19.1. The number of nitrogens with one attached hydrogen (secondary N) is 1. The molecule has 2 heterocycles. The van der Waals surface area contributed by atoms with E-state index < -0.39 is 36.9 Å². The number of amides is 1. The average Bonchev–Trinajstić information content (AvgIpc) is 3.47. The standard InChI is InChI=1S/C26H22N4O7S3/c31-26-23-9-4-5-10-24(23)29(40(36,37)22-14-12-20(13-15-22)30(32)33)21(18-28(26)19-7-2-1-3-8-19)17-27-39(34,35)25-11-6-16-38-25/h1-16,21,27H,17-18H2. The number of nitro groups is 1. The van der Waals surface area contributed by atoms with Gasteiger partial charge in [-0.1, -0.05) is 36.4 Å². The molecule has 1 amide bonds. The second-order valence-electron chi connectivity index (χ2n) is 8.76. The number of rotatable bonds is 8. The number of thiophene rings is 1. The number of hydrogen-bond donors (Lipinski definition) is 1. The molecule has 1 aromatic heterocycles. The fourth-order valence-corrected chi connectivity index (χ4v) is 8.18. The molecule has 4 aromatic rings. The topological polar surface area (TPSA) is 147 Å². The van der Waals surface area contributed by atoms with Crippen molar-refractivity contribution in [1.82, 2.24) is 4.72 Å². The smallest absolute Gasteiger partial charge is 0.269 e. The lowest BCUT2D eigenvalue weighted by molar-refractivity contribution is -0.384. The highest BCUT2D eigenvalue weighted by atomic mass is 32.2. The summed E-state index contributed by atoms with van der Waals surface area (Å²) in [5, 5.41) is 12.8. The first-order valence-corrected chi connectivity index (χ1v) is 15.7. The number of non-ortho nitro benzene ring substituents is 1. The quantitative estimate of drug-likeness (QED) is 0.239. The van der Waals surface area contributed by atoms with Gasteiger partial charge < -0.3 is 4.90 Å². The van der Waals surface area contributed by atoms with Crippen LogP contribution in [-0.4, -0.2) is 46.8 Å². The predicted octanol–water partition coefficient (Wildman–Crippen LogP) is 3.86. The summed E-state index contributed by atoms with van der Waals surface area (Å²) in [5.74, 6) is -0.464. The highest BCUT2D eigenvalue weighted by molar-refractivity contribution is 7.93. The Morgan fingerprint density at radius 1 is 0.900 bits per heavy atom. The van der Waals surface area contributed by atoms with Crippen LogP contribution in [0.3, 0.4) is 0 Å². The average molecular weight is 599 g/mol. The number of hydrogen-bond acceptors (Lipinski definition) is 8. The number of carbonyl (C=O) groups is 1. The van der Waals surface area contributed by atoms with Gasteiger partial charge in [-0.3, -0.25) is 19.2 Å².